The molecule has 0 bridgehead atoms. The Morgan fingerprint density at radius 2 is 1.21 bits per heavy atom. The first kappa shape index (κ1) is 15.3. The summed E-state index contributed by atoms with van der Waals surface area (Å²) in [6.07, 6.45) is 17.7. The van der Waals surface area contributed by atoms with Gasteiger partial charge in [0.15, 0.2) is 0 Å². The lowest BCUT2D eigenvalue weighted by Crippen LogP contribution is -2.40. The highest BCUT2D eigenvalue weighted by Crippen LogP contribution is 2.26. The van der Waals surface area contributed by atoms with Crippen LogP contribution in [-0.4, -0.2) is 23.8 Å². The normalized spacial score (nSPS) is 32.1. The molecule has 2 fully saturated rings. The topological polar surface area (TPSA) is 32.3 Å². The number of aliphatic hydroxyl groups is 1. The molecule has 0 unspecified atom stereocenters. The molecule has 0 heterocycles. The van der Waals surface area contributed by atoms with Gasteiger partial charge in [-0.25, -0.2) is 0 Å². The molecule has 0 radical (unpaired) electrons. The van der Waals surface area contributed by atoms with E-state index in [9.17, 15) is 5.11 Å². The van der Waals surface area contributed by atoms with Crippen molar-refractivity contribution < 1.29 is 5.11 Å². The van der Waals surface area contributed by atoms with Crippen molar-refractivity contribution in [3.05, 3.63) is 0 Å². The van der Waals surface area contributed by atoms with Crippen LogP contribution >= 0.6 is 0 Å². The highest BCUT2D eigenvalue weighted by Gasteiger charge is 2.27. The van der Waals surface area contributed by atoms with Crippen LogP contribution in [0.25, 0.3) is 0 Å². The van der Waals surface area contributed by atoms with E-state index >= 15 is 0 Å². The minimum Gasteiger partial charge on any atom is -0.393 e. The van der Waals surface area contributed by atoms with Crippen LogP contribution in [0.15, 0.2) is 0 Å². The number of nitrogens with one attached hydrogen (secondary N) is 1. The van der Waals surface area contributed by atoms with Crippen LogP contribution in [0, 0.1) is 5.92 Å². The molecule has 2 aliphatic rings. The zero-order chi connectivity index (χ0) is 13.3. The highest BCUT2D eigenvalue weighted by molar-refractivity contribution is 4.81. The van der Waals surface area contributed by atoms with Gasteiger partial charge in [-0.2, -0.15) is 0 Å². The van der Waals surface area contributed by atoms with Gasteiger partial charge in [-0.05, 0) is 38.1 Å². The minimum atomic E-state index is 0.00288. The summed E-state index contributed by atoms with van der Waals surface area (Å²) in [6.45, 7) is 1.14. The maximum atomic E-state index is 9.34. The summed E-state index contributed by atoms with van der Waals surface area (Å²) in [4.78, 5) is 0. The van der Waals surface area contributed by atoms with Gasteiger partial charge in [0.25, 0.3) is 0 Å². The SMILES string of the molecule is OC1CC(CNC2CCCCCCCCCCC2)C1. The highest BCUT2D eigenvalue weighted by atomic mass is 16.3. The van der Waals surface area contributed by atoms with Crippen LogP contribution in [0.4, 0.5) is 0 Å². The molecule has 0 atom stereocenters. The molecule has 0 saturated heterocycles. The van der Waals surface area contributed by atoms with Crippen LogP contribution in [0.2, 0.25) is 0 Å². The average Bonchev–Trinajstić information content (AvgIpc) is 2.35. The summed E-state index contributed by atoms with van der Waals surface area (Å²) in [5, 5.41) is 13.1. The Hall–Kier alpha value is -0.0800. The van der Waals surface area contributed by atoms with Gasteiger partial charge in [0.2, 0.25) is 0 Å². The van der Waals surface area contributed by atoms with Crippen molar-refractivity contribution in [1.29, 1.82) is 0 Å². The molecular formula is C17H33NO. The van der Waals surface area contributed by atoms with Crippen molar-refractivity contribution in [2.45, 2.75) is 95.6 Å². The van der Waals surface area contributed by atoms with Crippen LogP contribution in [0.5, 0.6) is 0 Å². The van der Waals surface area contributed by atoms with Crippen molar-refractivity contribution in [3.63, 3.8) is 0 Å². The first-order chi connectivity index (χ1) is 9.34. The minimum absolute atomic E-state index is 0.00288. The van der Waals surface area contributed by atoms with Crippen molar-refractivity contribution in [3.8, 4) is 0 Å². The van der Waals surface area contributed by atoms with E-state index in [1.54, 1.807) is 0 Å². The molecule has 2 aliphatic carbocycles. The fourth-order valence-electron chi connectivity index (χ4n) is 3.57. The molecule has 19 heavy (non-hydrogen) atoms. The second-order valence-electron chi connectivity index (χ2n) is 6.86. The third kappa shape index (κ3) is 6.27. The second kappa shape index (κ2) is 8.97. The summed E-state index contributed by atoms with van der Waals surface area (Å²) in [7, 11) is 0. The zero-order valence-electron chi connectivity index (χ0n) is 12.6. The molecule has 2 N–H and O–H groups in total. The van der Waals surface area contributed by atoms with Gasteiger partial charge < -0.3 is 10.4 Å². The zero-order valence-corrected chi connectivity index (χ0v) is 12.6. The number of rotatable bonds is 3. The van der Waals surface area contributed by atoms with E-state index in [-0.39, 0.29) is 6.10 Å². The molecule has 2 rings (SSSR count). The Labute approximate surface area is 119 Å². The first-order valence-corrected chi connectivity index (χ1v) is 8.76. The van der Waals surface area contributed by atoms with Crippen molar-refractivity contribution in [1.82, 2.24) is 5.32 Å². The van der Waals surface area contributed by atoms with Gasteiger partial charge in [-0.3, -0.25) is 0 Å². The molecule has 0 aliphatic heterocycles. The van der Waals surface area contributed by atoms with Crippen molar-refractivity contribution in [2.75, 3.05) is 6.54 Å². The smallest absolute Gasteiger partial charge is 0.0546 e. The number of hydrogen-bond acceptors (Lipinski definition) is 2. The maximum Gasteiger partial charge on any atom is 0.0546 e. The van der Waals surface area contributed by atoms with E-state index in [2.05, 4.69) is 5.32 Å². The van der Waals surface area contributed by atoms with Crippen LogP contribution in [0.1, 0.15) is 83.5 Å². The molecule has 2 nitrogen and oxygen atoms in total. The lowest BCUT2D eigenvalue weighted by Gasteiger charge is -2.33. The van der Waals surface area contributed by atoms with Gasteiger partial charge in [0.1, 0.15) is 0 Å². The molecular weight excluding hydrogens is 234 g/mol. The molecule has 2 saturated carbocycles. The standard InChI is InChI=1S/C17H33NO/c19-17-12-15(13-17)14-18-16-10-8-6-4-2-1-3-5-7-9-11-16/h15-19H,1-14H2. The van der Waals surface area contributed by atoms with Gasteiger partial charge >= 0.3 is 0 Å². The predicted octanol–water partition coefficient (Wildman–Crippen LogP) is 4.02. The van der Waals surface area contributed by atoms with Crippen LogP contribution < -0.4 is 5.32 Å². The molecule has 0 amide bonds. The Bertz CT molecular complexity index is 213. The van der Waals surface area contributed by atoms with E-state index in [0.717, 1.165) is 31.3 Å². The first-order valence-electron chi connectivity index (χ1n) is 8.76. The van der Waals surface area contributed by atoms with Gasteiger partial charge in [0, 0.05) is 6.04 Å². The average molecular weight is 267 g/mol. The summed E-state index contributed by atoms with van der Waals surface area (Å²) in [5.74, 6) is 0.747. The van der Waals surface area contributed by atoms with E-state index in [4.69, 9.17) is 0 Å². The summed E-state index contributed by atoms with van der Waals surface area (Å²) in [5.41, 5.74) is 0. The van der Waals surface area contributed by atoms with E-state index in [0.29, 0.717) is 0 Å². The largest absolute Gasteiger partial charge is 0.393 e. The van der Waals surface area contributed by atoms with E-state index < -0.39 is 0 Å². The third-order valence-electron chi connectivity index (χ3n) is 5.01. The quantitative estimate of drug-likeness (QED) is 0.809. The van der Waals surface area contributed by atoms with Crippen molar-refractivity contribution in [2.24, 2.45) is 5.92 Å². The van der Waals surface area contributed by atoms with Crippen LogP contribution in [0.3, 0.4) is 0 Å². The van der Waals surface area contributed by atoms with E-state index in [1.807, 2.05) is 0 Å². The fraction of sp³-hybridized carbons (Fsp3) is 1.00. The van der Waals surface area contributed by atoms with Gasteiger partial charge in [0.05, 0.1) is 6.10 Å². The van der Waals surface area contributed by atoms with Crippen molar-refractivity contribution >= 4 is 0 Å². The molecule has 0 aromatic heterocycles. The Morgan fingerprint density at radius 3 is 1.68 bits per heavy atom. The monoisotopic (exact) mass is 267 g/mol. The molecule has 0 aromatic rings. The fourth-order valence-corrected chi connectivity index (χ4v) is 3.57. The predicted molar refractivity (Wildman–Crippen MR) is 81.3 cm³/mol. The third-order valence-corrected chi connectivity index (χ3v) is 5.01. The Kier molecular flexibility index (Phi) is 7.23. The molecule has 112 valence electrons. The lowest BCUT2D eigenvalue weighted by atomic mass is 9.82. The Morgan fingerprint density at radius 1 is 0.737 bits per heavy atom. The maximum absolute atomic E-state index is 9.34. The molecule has 2 heteroatoms. The van der Waals surface area contributed by atoms with Gasteiger partial charge in [-0.1, -0.05) is 57.8 Å². The molecule has 0 spiro atoms. The van der Waals surface area contributed by atoms with Gasteiger partial charge in [-0.15, -0.1) is 0 Å². The summed E-state index contributed by atoms with van der Waals surface area (Å²) < 4.78 is 0. The number of hydrogen-bond donors (Lipinski definition) is 2. The number of aliphatic hydroxyl groups excluding tert-OH is 1. The summed E-state index contributed by atoms with van der Waals surface area (Å²) >= 11 is 0. The summed E-state index contributed by atoms with van der Waals surface area (Å²) in [6, 6.07) is 0.747. The molecule has 0 aromatic carbocycles. The Balaban J connectivity index is 1.63. The second-order valence-corrected chi connectivity index (χ2v) is 6.86. The lowest BCUT2D eigenvalue weighted by molar-refractivity contribution is 0.0415. The van der Waals surface area contributed by atoms with Crippen LogP contribution in [-0.2, 0) is 0 Å². The van der Waals surface area contributed by atoms with E-state index in [1.165, 1.54) is 70.6 Å².